The van der Waals surface area contributed by atoms with Crippen LogP contribution in [0.1, 0.15) is 5.56 Å². The highest BCUT2D eigenvalue weighted by Crippen LogP contribution is 2.27. The summed E-state index contributed by atoms with van der Waals surface area (Å²) in [4.78, 5) is 16.5. The first-order valence-electron chi connectivity index (χ1n) is 7.30. The number of aliphatic hydroxyl groups excluding tert-OH is 1. The molecular formula is C18H14N4O. The second-order valence-corrected chi connectivity index (χ2v) is 5.25. The molecule has 0 saturated carbocycles. The van der Waals surface area contributed by atoms with Crippen LogP contribution in [0, 0.1) is 0 Å². The Balaban J connectivity index is 1.83. The fourth-order valence-electron chi connectivity index (χ4n) is 2.55. The van der Waals surface area contributed by atoms with Gasteiger partial charge in [-0.15, -0.1) is 0 Å². The summed E-state index contributed by atoms with van der Waals surface area (Å²) in [5, 5.41) is 9.14. The van der Waals surface area contributed by atoms with Gasteiger partial charge in [-0.05, 0) is 11.6 Å². The molecule has 5 nitrogen and oxygen atoms in total. The van der Waals surface area contributed by atoms with Crippen molar-refractivity contribution in [2.45, 2.75) is 6.61 Å². The summed E-state index contributed by atoms with van der Waals surface area (Å²) in [5.41, 5.74) is 6.19. The zero-order valence-electron chi connectivity index (χ0n) is 12.3. The van der Waals surface area contributed by atoms with Gasteiger partial charge in [0, 0.05) is 35.3 Å². The quantitative estimate of drug-likeness (QED) is 0.609. The van der Waals surface area contributed by atoms with Crippen molar-refractivity contribution in [3.8, 4) is 22.4 Å². The van der Waals surface area contributed by atoms with Crippen molar-refractivity contribution in [2.75, 3.05) is 0 Å². The van der Waals surface area contributed by atoms with Crippen LogP contribution in [0.2, 0.25) is 0 Å². The van der Waals surface area contributed by atoms with E-state index in [1.165, 1.54) is 0 Å². The molecule has 0 atom stereocenters. The lowest BCUT2D eigenvalue weighted by atomic mass is 10.1. The van der Waals surface area contributed by atoms with E-state index in [2.05, 4.69) is 15.0 Å². The molecule has 3 aromatic heterocycles. The Hall–Kier alpha value is -3.05. The van der Waals surface area contributed by atoms with Crippen molar-refractivity contribution in [1.82, 2.24) is 19.9 Å². The molecule has 4 aromatic rings. The van der Waals surface area contributed by atoms with E-state index in [1.807, 2.05) is 48.8 Å². The van der Waals surface area contributed by atoms with Crippen LogP contribution in [0.15, 0.2) is 61.2 Å². The molecule has 0 aliphatic carbocycles. The van der Waals surface area contributed by atoms with Gasteiger partial charge in [-0.2, -0.15) is 0 Å². The van der Waals surface area contributed by atoms with Gasteiger partial charge in [0.2, 0.25) is 0 Å². The molecule has 23 heavy (non-hydrogen) atoms. The summed E-state index contributed by atoms with van der Waals surface area (Å²) in [6.45, 7) is 0.0357. The number of aliphatic hydroxyl groups is 1. The normalized spacial score (nSPS) is 11.0. The number of rotatable bonds is 3. The van der Waals surface area contributed by atoms with Gasteiger partial charge in [0.25, 0.3) is 0 Å². The second kappa shape index (κ2) is 5.62. The molecule has 0 amide bonds. The van der Waals surface area contributed by atoms with Gasteiger partial charge in [0.05, 0.1) is 18.5 Å². The Labute approximate surface area is 132 Å². The molecule has 0 saturated heterocycles. The van der Waals surface area contributed by atoms with Gasteiger partial charge < -0.3 is 10.1 Å². The molecule has 0 fully saturated rings. The highest BCUT2D eigenvalue weighted by atomic mass is 16.3. The monoisotopic (exact) mass is 302 g/mol. The molecule has 2 N–H and O–H groups in total. The van der Waals surface area contributed by atoms with Crippen molar-refractivity contribution in [3.05, 3.63) is 66.7 Å². The minimum Gasteiger partial charge on any atom is -0.392 e. The lowest BCUT2D eigenvalue weighted by molar-refractivity contribution is 0.282. The number of aromatic nitrogens is 4. The molecular weight excluding hydrogens is 288 g/mol. The lowest BCUT2D eigenvalue weighted by Crippen LogP contribution is -1.89. The standard InChI is InChI=1S/C18H14N4O/c23-11-12-3-5-13(6-4-12)16-10-21-18-17(22-16)15(9-20-18)14-2-1-7-19-8-14/h1-10,23H,11H2,(H,20,21). The maximum Gasteiger partial charge on any atom is 0.156 e. The van der Waals surface area contributed by atoms with Crippen molar-refractivity contribution >= 4 is 11.2 Å². The number of fused-ring (bicyclic) bond motifs is 1. The third kappa shape index (κ3) is 2.47. The van der Waals surface area contributed by atoms with Gasteiger partial charge in [0.15, 0.2) is 5.65 Å². The average molecular weight is 302 g/mol. The third-order valence-corrected chi connectivity index (χ3v) is 3.79. The number of H-pyrrole nitrogens is 1. The molecule has 5 heteroatoms. The molecule has 112 valence electrons. The summed E-state index contributed by atoms with van der Waals surface area (Å²) < 4.78 is 0. The number of pyridine rings is 1. The summed E-state index contributed by atoms with van der Waals surface area (Å²) in [7, 11) is 0. The molecule has 3 heterocycles. The van der Waals surface area contributed by atoms with Gasteiger partial charge in [-0.25, -0.2) is 9.97 Å². The number of nitrogens with zero attached hydrogens (tertiary/aromatic N) is 3. The summed E-state index contributed by atoms with van der Waals surface area (Å²) in [6.07, 6.45) is 7.21. The number of hydrogen-bond acceptors (Lipinski definition) is 4. The maximum absolute atomic E-state index is 9.14. The zero-order chi connectivity index (χ0) is 15.6. The Morgan fingerprint density at radius 2 is 1.87 bits per heavy atom. The van der Waals surface area contributed by atoms with E-state index in [1.54, 1.807) is 12.4 Å². The SMILES string of the molecule is OCc1ccc(-c2cnc3[nH]cc(-c4cccnc4)c3n2)cc1. The average Bonchev–Trinajstić information content (AvgIpc) is 3.05. The number of benzene rings is 1. The van der Waals surface area contributed by atoms with Crippen molar-refractivity contribution < 1.29 is 5.11 Å². The zero-order valence-corrected chi connectivity index (χ0v) is 12.3. The van der Waals surface area contributed by atoms with Crippen LogP contribution in [-0.4, -0.2) is 25.0 Å². The molecule has 0 unspecified atom stereocenters. The van der Waals surface area contributed by atoms with E-state index in [9.17, 15) is 0 Å². The third-order valence-electron chi connectivity index (χ3n) is 3.79. The molecule has 4 rings (SSSR count). The Morgan fingerprint density at radius 3 is 2.61 bits per heavy atom. The largest absolute Gasteiger partial charge is 0.392 e. The molecule has 0 aliphatic heterocycles. The van der Waals surface area contributed by atoms with Crippen LogP contribution >= 0.6 is 0 Å². The van der Waals surface area contributed by atoms with Gasteiger partial charge in [-0.3, -0.25) is 4.98 Å². The van der Waals surface area contributed by atoms with E-state index in [4.69, 9.17) is 10.1 Å². The van der Waals surface area contributed by atoms with E-state index < -0.39 is 0 Å². The topological polar surface area (TPSA) is 74.7 Å². The van der Waals surface area contributed by atoms with E-state index in [0.717, 1.165) is 39.1 Å². The van der Waals surface area contributed by atoms with E-state index in [-0.39, 0.29) is 6.61 Å². The van der Waals surface area contributed by atoms with Crippen LogP contribution in [-0.2, 0) is 6.61 Å². The van der Waals surface area contributed by atoms with Crippen molar-refractivity contribution in [1.29, 1.82) is 0 Å². The minimum atomic E-state index is 0.0357. The number of hydrogen-bond donors (Lipinski definition) is 2. The van der Waals surface area contributed by atoms with Crippen LogP contribution in [0.3, 0.4) is 0 Å². The molecule has 0 aliphatic rings. The first-order chi connectivity index (χ1) is 11.3. The van der Waals surface area contributed by atoms with Crippen molar-refractivity contribution in [2.24, 2.45) is 0 Å². The smallest absolute Gasteiger partial charge is 0.156 e. The Kier molecular flexibility index (Phi) is 3.33. The highest BCUT2D eigenvalue weighted by molar-refractivity contribution is 5.91. The van der Waals surface area contributed by atoms with Crippen LogP contribution in [0.4, 0.5) is 0 Å². The van der Waals surface area contributed by atoms with Gasteiger partial charge >= 0.3 is 0 Å². The lowest BCUT2D eigenvalue weighted by Gasteiger charge is -2.03. The predicted molar refractivity (Wildman–Crippen MR) is 88.5 cm³/mol. The molecule has 0 bridgehead atoms. The summed E-state index contributed by atoms with van der Waals surface area (Å²) in [6, 6.07) is 11.6. The Morgan fingerprint density at radius 1 is 1.00 bits per heavy atom. The maximum atomic E-state index is 9.14. The van der Waals surface area contributed by atoms with Crippen LogP contribution in [0.25, 0.3) is 33.5 Å². The van der Waals surface area contributed by atoms with Gasteiger partial charge in [0.1, 0.15) is 5.52 Å². The van der Waals surface area contributed by atoms with Crippen LogP contribution < -0.4 is 0 Å². The van der Waals surface area contributed by atoms with Gasteiger partial charge in [-0.1, -0.05) is 30.3 Å². The predicted octanol–water partition coefficient (Wildman–Crippen LogP) is 3.18. The summed E-state index contributed by atoms with van der Waals surface area (Å²) >= 11 is 0. The first-order valence-corrected chi connectivity index (χ1v) is 7.30. The molecule has 0 spiro atoms. The molecule has 0 radical (unpaired) electrons. The second-order valence-electron chi connectivity index (χ2n) is 5.25. The molecule has 1 aromatic carbocycles. The van der Waals surface area contributed by atoms with Crippen molar-refractivity contribution in [3.63, 3.8) is 0 Å². The van der Waals surface area contributed by atoms with Crippen LogP contribution in [0.5, 0.6) is 0 Å². The fourth-order valence-corrected chi connectivity index (χ4v) is 2.55. The number of aromatic amines is 1. The summed E-state index contributed by atoms with van der Waals surface area (Å²) in [5.74, 6) is 0. The minimum absolute atomic E-state index is 0.0357. The fraction of sp³-hybridized carbons (Fsp3) is 0.0556. The first kappa shape index (κ1) is 13.6. The number of nitrogens with one attached hydrogen (secondary N) is 1. The Bertz CT molecular complexity index is 946. The highest BCUT2D eigenvalue weighted by Gasteiger charge is 2.10. The van der Waals surface area contributed by atoms with E-state index >= 15 is 0 Å². The van der Waals surface area contributed by atoms with E-state index in [0.29, 0.717) is 0 Å².